The van der Waals surface area contributed by atoms with Gasteiger partial charge in [0.2, 0.25) is 5.91 Å². The molecule has 2 aromatic carbocycles. The summed E-state index contributed by atoms with van der Waals surface area (Å²) in [6.45, 7) is 3.69. The second-order valence-corrected chi connectivity index (χ2v) is 7.62. The molecule has 1 heterocycles. The highest BCUT2D eigenvalue weighted by molar-refractivity contribution is 7.99. The SMILES string of the molecule is COc1cc(C)c(CSCC(=O)Nc2ccc3c(c2)NC(=O)[C@H](C)O3)cc1OC. The van der Waals surface area contributed by atoms with E-state index in [-0.39, 0.29) is 11.8 Å². The molecule has 0 saturated heterocycles. The molecule has 0 saturated carbocycles. The lowest BCUT2D eigenvalue weighted by atomic mass is 10.1. The van der Waals surface area contributed by atoms with E-state index in [2.05, 4.69) is 10.6 Å². The number of rotatable bonds is 7. The number of methoxy groups -OCH3 is 2. The summed E-state index contributed by atoms with van der Waals surface area (Å²) in [6.07, 6.45) is -0.528. The molecule has 8 heteroatoms. The van der Waals surface area contributed by atoms with Crippen molar-refractivity contribution in [1.29, 1.82) is 0 Å². The van der Waals surface area contributed by atoms with Gasteiger partial charge >= 0.3 is 0 Å². The third kappa shape index (κ3) is 4.95. The highest BCUT2D eigenvalue weighted by Gasteiger charge is 2.23. The third-order valence-corrected chi connectivity index (χ3v) is 5.51. The lowest BCUT2D eigenvalue weighted by Gasteiger charge is -2.23. The van der Waals surface area contributed by atoms with Gasteiger partial charge in [0.25, 0.3) is 5.91 Å². The first-order valence-electron chi connectivity index (χ1n) is 9.12. The number of benzene rings is 2. The molecule has 29 heavy (non-hydrogen) atoms. The number of carbonyl (C=O) groups is 2. The lowest BCUT2D eigenvalue weighted by molar-refractivity contribution is -0.122. The van der Waals surface area contributed by atoms with Crippen molar-refractivity contribution in [1.82, 2.24) is 0 Å². The van der Waals surface area contributed by atoms with E-state index in [1.807, 2.05) is 19.1 Å². The van der Waals surface area contributed by atoms with E-state index in [1.54, 1.807) is 39.3 Å². The van der Waals surface area contributed by atoms with Gasteiger partial charge < -0.3 is 24.8 Å². The molecule has 0 bridgehead atoms. The Morgan fingerprint density at radius 3 is 2.66 bits per heavy atom. The van der Waals surface area contributed by atoms with Gasteiger partial charge in [0.15, 0.2) is 17.6 Å². The van der Waals surface area contributed by atoms with Gasteiger partial charge in [-0.2, -0.15) is 0 Å². The molecule has 1 aliphatic rings. The Labute approximate surface area is 174 Å². The zero-order valence-electron chi connectivity index (χ0n) is 16.8. The van der Waals surface area contributed by atoms with Crippen LogP contribution in [-0.4, -0.2) is 37.9 Å². The smallest absolute Gasteiger partial charge is 0.265 e. The number of aryl methyl sites for hydroxylation is 1. The van der Waals surface area contributed by atoms with Crippen molar-refractivity contribution >= 4 is 35.0 Å². The molecule has 0 spiro atoms. The van der Waals surface area contributed by atoms with Crippen LogP contribution in [0.4, 0.5) is 11.4 Å². The Morgan fingerprint density at radius 1 is 1.21 bits per heavy atom. The van der Waals surface area contributed by atoms with Crippen LogP contribution in [0.5, 0.6) is 17.2 Å². The third-order valence-electron chi connectivity index (χ3n) is 4.53. The molecule has 0 radical (unpaired) electrons. The highest BCUT2D eigenvalue weighted by Crippen LogP contribution is 2.33. The molecule has 0 aliphatic carbocycles. The number of thioether (sulfide) groups is 1. The van der Waals surface area contributed by atoms with Crippen LogP contribution in [0.25, 0.3) is 0 Å². The first-order chi connectivity index (χ1) is 13.9. The standard InChI is InChI=1S/C21H24N2O5S/c1-12-7-18(26-3)19(27-4)8-14(12)10-29-11-20(24)22-15-5-6-17-16(9-15)23-21(25)13(2)28-17/h5-9,13H,10-11H2,1-4H3,(H,22,24)(H,23,25)/t13-/m0/s1. The summed E-state index contributed by atoms with van der Waals surface area (Å²) in [7, 11) is 3.21. The first-order valence-corrected chi connectivity index (χ1v) is 10.3. The second kappa shape index (κ2) is 9.09. The molecule has 1 aliphatic heterocycles. The number of carbonyl (C=O) groups excluding carboxylic acids is 2. The van der Waals surface area contributed by atoms with Gasteiger partial charge in [-0.3, -0.25) is 9.59 Å². The summed E-state index contributed by atoms with van der Waals surface area (Å²) in [5.41, 5.74) is 3.33. The molecule has 2 amide bonds. The van der Waals surface area contributed by atoms with E-state index in [1.165, 1.54) is 11.8 Å². The van der Waals surface area contributed by atoms with Crippen molar-refractivity contribution in [2.45, 2.75) is 25.7 Å². The van der Waals surface area contributed by atoms with Crippen LogP contribution >= 0.6 is 11.8 Å². The lowest BCUT2D eigenvalue weighted by Crippen LogP contribution is -2.34. The first kappa shape index (κ1) is 20.9. The van der Waals surface area contributed by atoms with E-state index < -0.39 is 6.10 Å². The average molecular weight is 416 g/mol. The Hall–Kier alpha value is -2.87. The number of nitrogens with one attached hydrogen (secondary N) is 2. The van der Waals surface area contributed by atoms with Crippen LogP contribution in [0.3, 0.4) is 0 Å². The Morgan fingerprint density at radius 2 is 1.93 bits per heavy atom. The minimum absolute atomic E-state index is 0.121. The summed E-state index contributed by atoms with van der Waals surface area (Å²) in [5, 5.41) is 5.62. The van der Waals surface area contributed by atoms with Gasteiger partial charge in [-0.25, -0.2) is 0 Å². The zero-order valence-corrected chi connectivity index (χ0v) is 17.6. The van der Waals surface area contributed by atoms with Crippen LogP contribution in [0.2, 0.25) is 0 Å². The summed E-state index contributed by atoms with van der Waals surface area (Å²) in [6, 6.07) is 9.05. The summed E-state index contributed by atoms with van der Waals surface area (Å²) < 4.78 is 16.2. The topological polar surface area (TPSA) is 85.9 Å². The molecule has 7 nitrogen and oxygen atoms in total. The van der Waals surface area contributed by atoms with E-state index in [0.717, 1.165) is 11.1 Å². The number of hydrogen-bond donors (Lipinski definition) is 2. The minimum Gasteiger partial charge on any atom is -0.493 e. The normalized spacial score (nSPS) is 15.0. The van der Waals surface area contributed by atoms with E-state index >= 15 is 0 Å². The summed E-state index contributed by atoms with van der Waals surface area (Å²) in [5.74, 6) is 2.59. The van der Waals surface area contributed by atoms with Crippen molar-refractivity contribution in [2.75, 3.05) is 30.6 Å². The molecule has 3 rings (SSSR count). The average Bonchev–Trinajstić information content (AvgIpc) is 2.70. The molecule has 0 aromatic heterocycles. The zero-order chi connectivity index (χ0) is 21.0. The van der Waals surface area contributed by atoms with Crippen molar-refractivity contribution < 1.29 is 23.8 Å². The van der Waals surface area contributed by atoms with E-state index in [9.17, 15) is 9.59 Å². The maximum Gasteiger partial charge on any atom is 0.265 e. The molecule has 1 atom stereocenters. The van der Waals surface area contributed by atoms with Crippen LogP contribution in [0, 0.1) is 6.92 Å². The van der Waals surface area contributed by atoms with Crippen molar-refractivity contribution in [3.05, 3.63) is 41.5 Å². The Bertz CT molecular complexity index is 932. The molecule has 2 aromatic rings. The van der Waals surface area contributed by atoms with Gasteiger partial charge in [-0.15, -0.1) is 11.8 Å². The fraction of sp³-hybridized carbons (Fsp3) is 0.333. The number of anilines is 2. The van der Waals surface area contributed by atoms with Crippen LogP contribution < -0.4 is 24.8 Å². The molecule has 2 N–H and O–H groups in total. The second-order valence-electron chi connectivity index (χ2n) is 6.63. The largest absolute Gasteiger partial charge is 0.493 e. The number of amides is 2. The maximum absolute atomic E-state index is 12.3. The maximum atomic E-state index is 12.3. The number of fused-ring (bicyclic) bond motifs is 1. The quantitative estimate of drug-likeness (QED) is 0.717. The van der Waals surface area contributed by atoms with Gasteiger partial charge in [-0.05, 0) is 55.3 Å². The Kier molecular flexibility index (Phi) is 6.53. The number of hydrogen-bond acceptors (Lipinski definition) is 6. The predicted molar refractivity (Wildman–Crippen MR) is 114 cm³/mol. The molecule has 0 unspecified atom stereocenters. The van der Waals surface area contributed by atoms with Crippen LogP contribution in [0.1, 0.15) is 18.1 Å². The van der Waals surface area contributed by atoms with E-state index in [4.69, 9.17) is 14.2 Å². The van der Waals surface area contributed by atoms with Gasteiger partial charge in [0.1, 0.15) is 5.75 Å². The van der Waals surface area contributed by atoms with Crippen molar-refractivity contribution in [2.24, 2.45) is 0 Å². The number of ether oxygens (including phenoxy) is 3. The van der Waals surface area contributed by atoms with Crippen molar-refractivity contribution in [3.63, 3.8) is 0 Å². The van der Waals surface area contributed by atoms with Crippen LogP contribution in [-0.2, 0) is 15.3 Å². The summed E-state index contributed by atoms with van der Waals surface area (Å²) in [4.78, 5) is 24.0. The van der Waals surface area contributed by atoms with Gasteiger partial charge in [-0.1, -0.05) is 0 Å². The fourth-order valence-corrected chi connectivity index (χ4v) is 3.81. The van der Waals surface area contributed by atoms with E-state index in [0.29, 0.717) is 40.1 Å². The minimum atomic E-state index is -0.528. The molecule has 0 fully saturated rings. The molecule has 154 valence electrons. The predicted octanol–water partition coefficient (Wildman–Crippen LogP) is 3.60. The monoisotopic (exact) mass is 416 g/mol. The fourth-order valence-electron chi connectivity index (χ4n) is 2.92. The molecular formula is C21H24N2O5S. The van der Waals surface area contributed by atoms with Gasteiger partial charge in [0, 0.05) is 11.4 Å². The highest BCUT2D eigenvalue weighted by atomic mass is 32.2. The van der Waals surface area contributed by atoms with Crippen LogP contribution in [0.15, 0.2) is 30.3 Å². The Balaban J connectivity index is 1.56. The van der Waals surface area contributed by atoms with Crippen molar-refractivity contribution in [3.8, 4) is 17.2 Å². The summed E-state index contributed by atoms with van der Waals surface area (Å²) >= 11 is 1.51. The van der Waals surface area contributed by atoms with Gasteiger partial charge in [0.05, 0.1) is 25.7 Å². The molecular weight excluding hydrogens is 392 g/mol.